The van der Waals surface area contributed by atoms with Gasteiger partial charge in [0.15, 0.2) is 0 Å². The molecule has 0 radical (unpaired) electrons. The van der Waals surface area contributed by atoms with Crippen molar-refractivity contribution in [3.8, 4) is 0 Å². The number of halogens is 3. The maximum absolute atomic E-state index is 11.8. The second kappa shape index (κ2) is 9.71. The van der Waals surface area contributed by atoms with Crippen molar-refractivity contribution in [2.45, 2.75) is 58.2 Å². The Hall–Kier alpha value is -0.290. The molecule has 2 nitrogen and oxygen atoms in total. The number of hydrogen-bond acceptors (Lipinski definition) is 2. The van der Waals surface area contributed by atoms with Crippen molar-refractivity contribution in [3.63, 3.8) is 0 Å². The van der Waals surface area contributed by atoms with Gasteiger partial charge in [0.2, 0.25) is 0 Å². The van der Waals surface area contributed by atoms with E-state index in [1.54, 1.807) is 0 Å². The molecule has 0 aliphatic heterocycles. The minimum atomic E-state index is -4.20. The maximum atomic E-state index is 11.8. The summed E-state index contributed by atoms with van der Waals surface area (Å²) in [6.45, 7) is 4.31. The summed E-state index contributed by atoms with van der Waals surface area (Å²) in [7, 11) is 0. The SMILES string of the molecule is CCCNC(CC)CCCCOCC(F)(F)F. The lowest BCUT2D eigenvalue weighted by Gasteiger charge is -2.16. The summed E-state index contributed by atoms with van der Waals surface area (Å²) in [5.74, 6) is 0. The van der Waals surface area contributed by atoms with Crippen LogP contribution in [0.5, 0.6) is 0 Å². The molecule has 104 valence electrons. The molecule has 0 saturated heterocycles. The van der Waals surface area contributed by atoms with Crippen LogP contribution in [0, 0.1) is 0 Å². The molecule has 0 aromatic heterocycles. The molecule has 1 unspecified atom stereocenters. The summed E-state index contributed by atoms with van der Waals surface area (Å²) in [6.07, 6.45) is 0.572. The standard InChI is InChI=1S/C12H24F3NO/c1-3-8-16-11(4-2)7-5-6-9-17-10-12(13,14)15/h11,16H,3-10H2,1-2H3. The van der Waals surface area contributed by atoms with E-state index in [0.29, 0.717) is 12.5 Å². The highest BCUT2D eigenvalue weighted by atomic mass is 19.4. The average molecular weight is 255 g/mol. The molecule has 0 amide bonds. The van der Waals surface area contributed by atoms with E-state index < -0.39 is 12.8 Å². The zero-order valence-corrected chi connectivity index (χ0v) is 10.8. The highest BCUT2D eigenvalue weighted by molar-refractivity contribution is 4.64. The molecular weight excluding hydrogens is 231 g/mol. The number of hydrogen-bond donors (Lipinski definition) is 1. The minimum absolute atomic E-state index is 0.198. The van der Waals surface area contributed by atoms with Crippen LogP contribution >= 0.6 is 0 Å². The molecule has 0 fully saturated rings. The summed E-state index contributed by atoms with van der Waals surface area (Å²) in [5.41, 5.74) is 0. The summed E-state index contributed by atoms with van der Waals surface area (Å²) in [6, 6.07) is 0.484. The Labute approximate surface area is 102 Å². The third kappa shape index (κ3) is 12.0. The lowest BCUT2D eigenvalue weighted by molar-refractivity contribution is -0.174. The van der Waals surface area contributed by atoms with Gasteiger partial charge in [-0.3, -0.25) is 0 Å². The topological polar surface area (TPSA) is 21.3 Å². The number of alkyl halides is 3. The summed E-state index contributed by atoms with van der Waals surface area (Å²) >= 11 is 0. The molecule has 0 aliphatic carbocycles. The van der Waals surface area contributed by atoms with Gasteiger partial charge in [-0.2, -0.15) is 13.2 Å². The lowest BCUT2D eigenvalue weighted by Crippen LogP contribution is -2.29. The van der Waals surface area contributed by atoms with Crippen LogP contribution in [0.15, 0.2) is 0 Å². The van der Waals surface area contributed by atoms with Gasteiger partial charge in [-0.25, -0.2) is 0 Å². The molecule has 0 aliphatic rings. The molecule has 0 spiro atoms. The zero-order chi connectivity index (χ0) is 13.1. The molecule has 0 bridgehead atoms. The van der Waals surface area contributed by atoms with Crippen LogP contribution in [0.25, 0.3) is 0 Å². The molecular formula is C12H24F3NO. The Morgan fingerprint density at radius 2 is 1.88 bits per heavy atom. The van der Waals surface area contributed by atoms with Gasteiger partial charge in [-0.05, 0) is 38.6 Å². The van der Waals surface area contributed by atoms with E-state index in [2.05, 4.69) is 23.9 Å². The molecule has 17 heavy (non-hydrogen) atoms. The maximum Gasteiger partial charge on any atom is 0.411 e. The van der Waals surface area contributed by atoms with Gasteiger partial charge in [0.25, 0.3) is 0 Å². The highest BCUT2D eigenvalue weighted by Gasteiger charge is 2.27. The molecule has 0 saturated carbocycles. The van der Waals surface area contributed by atoms with Crippen LogP contribution < -0.4 is 5.32 Å². The first-order valence-electron chi connectivity index (χ1n) is 6.37. The van der Waals surface area contributed by atoms with Crippen molar-refractivity contribution in [1.82, 2.24) is 5.32 Å². The molecule has 5 heteroatoms. The molecule has 0 heterocycles. The van der Waals surface area contributed by atoms with E-state index >= 15 is 0 Å². The van der Waals surface area contributed by atoms with Crippen LogP contribution in [-0.2, 0) is 4.74 Å². The van der Waals surface area contributed by atoms with Crippen molar-refractivity contribution < 1.29 is 17.9 Å². The molecule has 1 N–H and O–H groups in total. The van der Waals surface area contributed by atoms with E-state index in [1.807, 2.05) is 0 Å². The van der Waals surface area contributed by atoms with E-state index in [1.165, 1.54) is 0 Å². The predicted molar refractivity (Wildman–Crippen MR) is 63.1 cm³/mol. The predicted octanol–water partition coefficient (Wildman–Crippen LogP) is 3.51. The van der Waals surface area contributed by atoms with Crippen LogP contribution in [0.3, 0.4) is 0 Å². The Kier molecular flexibility index (Phi) is 9.55. The zero-order valence-electron chi connectivity index (χ0n) is 10.8. The van der Waals surface area contributed by atoms with Gasteiger partial charge in [0.1, 0.15) is 6.61 Å². The van der Waals surface area contributed by atoms with E-state index in [-0.39, 0.29) is 6.61 Å². The fourth-order valence-corrected chi connectivity index (χ4v) is 1.58. The Balaban J connectivity index is 3.36. The van der Waals surface area contributed by atoms with E-state index in [0.717, 1.165) is 32.2 Å². The quantitative estimate of drug-likeness (QED) is 0.603. The monoisotopic (exact) mass is 255 g/mol. The van der Waals surface area contributed by atoms with Gasteiger partial charge < -0.3 is 10.1 Å². The molecule has 1 atom stereocenters. The average Bonchev–Trinajstić information content (AvgIpc) is 2.25. The Bertz CT molecular complexity index is 174. The smallest absolute Gasteiger partial charge is 0.372 e. The minimum Gasteiger partial charge on any atom is -0.372 e. The third-order valence-corrected chi connectivity index (χ3v) is 2.53. The van der Waals surface area contributed by atoms with Crippen molar-refractivity contribution in [3.05, 3.63) is 0 Å². The second-order valence-corrected chi connectivity index (χ2v) is 4.22. The van der Waals surface area contributed by atoms with Crippen molar-refractivity contribution in [1.29, 1.82) is 0 Å². The van der Waals surface area contributed by atoms with E-state index in [4.69, 9.17) is 0 Å². The first kappa shape index (κ1) is 16.7. The fourth-order valence-electron chi connectivity index (χ4n) is 1.58. The van der Waals surface area contributed by atoms with Crippen LogP contribution in [0.1, 0.15) is 46.0 Å². The van der Waals surface area contributed by atoms with Gasteiger partial charge >= 0.3 is 6.18 Å². The normalized spacial score (nSPS) is 13.9. The number of rotatable bonds is 10. The summed E-state index contributed by atoms with van der Waals surface area (Å²) < 4.78 is 39.8. The molecule has 0 aromatic carbocycles. The summed E-state index contributed by atoms with van der Waals surface area (Å²) in [4.78, 5) is 0. The van der Waals surface area contributed by atoms with Crippen LogP contribution in [0.2, 0.25) is 0 Å². The fraction of sp³-hybridized carbons (Fsp3) is 1.00. The first-order chi connectivity index (χ1) is 7.99. The highest BCUT2D eigenvalue weighted by Crippen LogP contribution is 2.14. The van der Waals surface area contributed by atoms with Crippen molar-refractivity contribution in [2.75, 3.05) is 19.8 Å². The first-order valence-corrected chi connectivity index (χ1v) is 6.37. The van der Waals surface area contributed by atoms with Gasteiger partial charge in [-0.15, -0.1) is 0 Å². The number of nitrogens with one attached hydrogen (secondary N) is 1. The van der Waals surface area contributed by atoms with Gasteiger partial charge in [-0.1, -0.05) is 13.8 Å². The number of ether oxygens (including phenoxy) is 1. The Morgan fingerprint density at radius 3 is 2.41 bits per heavy atom. The molecule has 0 rings (SSSR count). The van der Waals surface area contributed by atoms with Gasteiger partial charge in [0, 0.05) is 12.6 Å². The lowest BCUT2D eigenvalue weighted by atomic mass is 10.1. The van der Waals surface area contributed by atoms with Crippen LogP contribution in [-0.4, -0.2) is 32.0 Å². The Morgan fingerprint density at radius 1 is 1.18 bits per heavy atom. The van der Waals surface area contributed by atoms with Gasteiger partial charge in [0.05, 0.1) is 0 Å². The largest absolute Gasteiger partial charge is 0.411 e. The summed E-state index contributed by atoms with van der Waals surface area (Å²) in [5, 5.41) is 3.41. The van der Waals surface area contributed by atoms with Crippen LogP contribution in [0.4, 0.5) is 13.2 Å². The second-order valence-electron chi connectivity index (χ2n) is 4.22. The third-order valence-electron chi connectivity index (χ3n) is 2.53. The molecule has 0 aromatic rings. The van der Waals surface area contributed by atoms with Crippen molar-refractivity contribution in [2.24, 2.45) is 0 Å². The van der Waals surface area contributed by atoms with E-state index in [9.17, 15) is 13.2 Å². The van der Waals surface area contributed by atoms with Crippen molar-refractivity contribution >= 4 is 0 Å². The number of unbranched alkanes of at least 4 members (excludes halogenated alkanes) is 1.